The number of ketones is 1. The highest BCUT2D eigenvalue weighted by Crippen LogP contribution is 2.34. The second kappa shape index (κ2) is 5.64. The predicted octanol–water partition coefficient (Wildman–Crippen LogP) is 4.89. The van der Waals surface area contributed by atoms with Crippen LogP contribution in [0.25, 0.3) is 0 Å². The number of allylic oxidation sites excluding steroid dienone is 8. The molecule has 0 heterocycles. The molecule has 0 aliphatic heterocycles. The molecule has 6 rings (SSSR count). The van der Waals surface area contributed by atoms with Crippen LogP contribution in [0.5, 0.6) is 0 Å². The molecule has 114 valence electrons. The molecule has 0 unspecified atom stereocenters. The van der Waals surface area contributed by atoms with Crippen LogP contribution in [0.3, 0.4) is 0 Å². The summed E-state index contributed by atoms with van der Waals surface area (Å²) in [6.45, 7) is 0. The van der Waals surface area contributed by atoms with E-state index < -0.39 is 12.0 Å². The molecule has 22 heavy (non-hydrogen) atoms. The lowest BCUT2D eigenvalue weighted by atomic mass is 9.86. The Bertz CT molecular complexity index is 716. The zero-order valence-electron chi connectivity index (χ0n) is 12.0. The Kier molecular flexibility index (Phi) is 3.82. The maximum atomic E-state index is 12.8. The number of rotatable bonds is 1. The average Bonchev–Trinajstić information content (AvgIpc) is 2.48. The van der Waals surface area contributed by atoms with Crippen LogP contribution < -0.4 is 0 Å². The van der Waals surface area contributed by atoms with Gasteiger partial charge >= 0.3 is 6.18 Å². The molecule has 0 spiro atoms. The first-order chi connectivity index (χ1) is 10.4. The van der Waals surface area contributed by atoms with E-state index in [0.29, 0.717) is 30.4 Å². The van der Waals surface area contributed by atoms with Crippen molar-refractivity contribution in [1.82, 2.24) is 0 Å². The summed E-state index contributed by atoms with van der Waals surface area (Å²) in [5.41, 5.74) is 8.91. The molecule has 0 fully saturated rings. The first-order valence-corrected chi connectivity index (χ1v) is 7.38. The van der Waals surface area contributed by atoms with Crippen LogP contribution in [-0.2, 0) is 4.79 Å². The van der Waals surface area contributed by atoms with Crippen molar-refractivity contribution in [1.29, 1.82) is 0 Å². The lowest BCUT2D eigenvalue weighted by molar-refractivity contribution is -0.166. The first-order valence-electron chi connectivity index (χ1n) is 7.38. The molecule has 0 aromatic carbocycles. The van der Waals surface area contributed by atoms with Gasteiger partial charge in [-0.1, -0.05) is 34.8 Å². The Morgan fingerprint density at radius 2 is 1.50 bits per heavy atom. The lowest BCUT2D eigenvalue weighted by Crippen LogP contribution is -2.26. The Morgan fingerprint density at radius 3 is 2.09 bits per heavy atom. The van der Waals surface area contributed by atoms with E-state index >= 15 is 0 Å². The maximum absolute atomic E-state index is 12.8. The quantitative estimate of drug-likeness (QED) is 0.631. The molecule has 0 saturated heterocycles. The maximum Gasteiger partial charge on any atom is 0.454 e. The van der Waals surface area contributed by atoms with Crippen LogP contribution >= 0.6 is 0 Å². The van der Waals surface area contributed by atoms with Crippen molar-refractivity contribution in [2.75, 3.05) is 0 Å². The normalized spacial score (nSPS) is 21.1. The van der Waals surface area contributed by atoms with E-state index in [1.807, 2.05) is 0 Å². The fourth-order valence-corrected chi connectivity index (χ4v) is 2.93. The summed E-state index contributed by atoms with van der Waals surface area (Å²) in [5.74, 6) is -1.77. The van der Waals surface area contributed by atoms with Gasteiger partial charge in [-0.2, -0.15) is 13.2 Å². The third kappa shape index (κ3) is 3.09. The molecule has 4 bridgehead atoms. The van der Waals surface area contributed by atoms with Crippen molar-refractivity contribution in [3.8, 4) is 0 Å². The minimum absolute atomic E-state index is 0.257. The standard InChI is InChI=1S/C18H15F3O/c19-18(20,21)17(22)16-11-14-6-5-12-1-3-13(4-2-12)7-9-15(16)10-8-14/h1,3,11H,2,4-7,9H2. The molecule has 0 saturated carbocycles. The fraction of sp³-hybridized carbons (Fsp3) is 0.389. The number of Topliss-reactive ketones (excluding diaryl/α,β-unsaturated/α-hetero) is 1. The van der Waals surface area contributed by atoms with E-state index in [0.717, 1.165) is 19.3 Å². The van der Waals surface area contributed by atoms with E-state index in [9.17, 15) is 18.0 Å². The number of hydrogen-bond donors (Lipinski definition) is 0. The smallest absolute Gasteiger partial charge is 0.284 e. The third-order valence-corrected chi connectivity index (χ3v) is 4.25. The van der Waals surface area contributed by atoms with Crippen molar-refractivity contribution >= 4 is 5.78 Å². The Hall–Kier alpha value is -2.02. The molecule has 4 heteroatoms. The van der Waals surface area contributed by atoms with Gasteiger partial charge < -0.3 is 0 Å². The van der Waals surface area contributed by atoms with Gasteiger partial charge in [0.05, 0.1) is 0 Å². The molecule has 0 amide bonds. The number of carbonyl (C=O) groups excluding carboxylic acids is 1. The molecular weight excluding hydrogens is 289 g/mol. The van der Waals surface area contributed by atoms with Crippen LogP contribution in [0.4, 0.5) is 13.2 Å². The van der Waals surface area contributed by atoms with Gasteiger partial charge in [0.2, 0.25) is 0 Å². The molecule has 6 aliphatic rings. The minimum atomic E-state index is -4.85. The summed E-state index contributed by atoms with van der Waals surface area (Å²) in [6, 6.07) is 0. The van der Waals surface area contributed by atoms with Crippen molar-refractivity contribution in [3.05, 3.63) is 57.6 Å². The van der Waals surface area contributed by atoms with Crippen molar-refractivity contribution in [3.63, 3.8) is 0 Å². The molecule has 6 aliphatic carbocycles. The van der Waals surface area contributed by atoms with Crippen LogP contribution in [0, 0.1) is 0 Å². The van der Waals surface area contributed by atoms with Crippen molar-refractivity contribution < 1.29 is 18.0 Å². The molecule has 0 N–H and O–H groups in total. The molecule has 0 aromatic heterocycles. The largest absolute Gasteiger partial charge is 0.454 e. The Balaban J connectivity index is 1.97. The van der Waals surface area contributed by atoms with E-state index in [-0.39, 0.29) is 5.57 Å². The van der Waals surface area contributed by atoms with Gasteiger partial charge in [-0.3, -0.25) is 4.79 Å². The number of carbonyl (C=O) groups is 1. The van der Waals surface area contributed by atoms with E-state index in [1.165, 1.54) is 17.2 Å². The lowest BCUT2D eigenvalue weighted by Gasteiger charge is -2.19. The van der Waals surface area contributed by atoms with Gasteiger partial charge in [0.15, 0.2) is 0 Å². The first kappa shape index (κ1) is 14.9. The summed E-state index contributed by atoms with van der Waals surface area (Å²) in [6.07, 6.45) is 5.09. The highest BCUT2D eigenvalue weighted by molar-refractivity contribution is 6.03. The van der Waals surface area contributed by atoms with Crippen molar-refractivity contribution in [2.45, 2.75) is 44.7 Å². The molecular formula is C18H15F3O. The highest BCUT2D eigenvalue weighted by atomic mass is 19.4. The van der Waals surface area contributed by atoms with Crippen LogP contribution in [-0.4, -0.2) is 12.0 Å². The minimum Gasteiger partial charge on any atom is -0.284 e. The zero-order valence-corrected chi connectivity index (χ0v) is 12.0. The SMILES string of the molecule is O=C(C1=CC2=C=C=C1CCC1=CC=C(CC2)CC1)C(F)(F)F. The van der Waals surface area contributed by atoms with Gasteiger partial charge in [0.1, 0.15) is 0 Å². The number of alkyl halides is 3. The predicted molar refractivity (Wildman–Crippen MR) is 77.1 cm³/mol. The second-order valence-electron chi connectivity index (χ2n) is 5.79. The van der Waals surface area contributed by atoms with Crippen molar-refractivity contribution in [2.24, 2.45) is 0 Å². The fourth-order valence-electron chi connectivity index (χ4n) is 2.93. The summed E-state index contributed by atoms with van der Waals surface area (Å²) in [4.78, 5) is 11.7. The van der Waals surface area contributed by atoms with Crippen LogP contribution in [0.15, 0.2) is 57.6 Å². The number of hydrogen-bond acceptors (Lipinski definition) is 1. The third-order valence-electron chi connectivity index (χ3n) is 4.25. The monoisotopic (exact) mass is 304 g/mol. The summed E-state index contributed by atoms with van der Waals surface area (Å²) < 4.78 is 38.4. The molecule has 0 atom stereocenters. The van der Waals surface area contributed by atoms with Crippen LogP contribution in [0.1, 0.15) is 38.5 Å². The van der Waals surface area contributed by atoms with E-state index in [2.05, 4.69) is 23.6 Å². The van der Waals surface area contributed by atoms with Crippen LogP contribution in [0.2, 0.25) is 0 Å². The van der Waals surface area contributed by atoms with Gasteiger partial charge in [0, 0.05) is 16.7 Å². The topological polar surface area (TPSA) is 17.1 Å². The van der Waals surface area contributed by atoms with Gasteiger partial charge in [0.25, 0.3) is 5.78 Å². The molecule has 0 aromatic rings. The Morgan fingerprint density at radius 1 is 0.909 bits per heavy atom. The second-order valence-corrected chi connectivity index (χ2v) is 5.79. The highest BCUT2D eigenvalue weighted by Gasteiger charge is 2.41. The summed E-state index contributed by atoms with van der Waals surface area (Å²) >= 11 is 0. The van der Waals surface area contributed by atoms with E-state index in [1.54, 1.807) is 0 Å². The zero-order chi connectivity index (χ0) is 15.7. The van der Waals surface area contributed by atoms with E-state index in [4.69, 9.17) is 0 Å². The van der Waals surface area contributed by atoms with Gasteiger partial charge in [-0.15, -0.1) is 0 Å². The summed E-state index contributed by atoms with van der Waals surface area (Å²) in [7, 11) is 0. The molecule has 1 nitrogen and oxygen atoms in total. The molecule has 0 radical (unpaired) electrons. The van der Waals surface area contributed by atoms with Gasteiger partial charge in [-0.25, -0.2) is 0 Å². The Labute approximate surface area is 126 Å². The average molecular weight is 304 g/mol. The van der Waals surface area contributed by atoms with Gasteiger partial charge in [-0.05, 0) is 44.6 Å². The number of halogens is 3. The summed E-state index contributed by atoms with van der Waals surface area (Å²) in [5, 5.41) is 0.